The molecule has 1 aromatic heterocycles. The van der Waals surface area contributed by atoms with Crippen molar-refractivity contribution in [2.45, 2.75) is 25.4 Å². The van der Waals surface area contributed by atoms with Gasteiger partial charge in [-0.1, -0.05) is 6.07 Å². The maximum atomic E-state index is 12.2. The first kappa shape index (κ1) is 17.7. The largest absolute Gasteiger partial charge is 0.386 e. The highest BCUT2D eigenvalue weighted by molar-refractivity contribution is 7.10. The Morgan fingerprint density at radius 3 is 2.70 bits per heavy atom. The highest BCUT2D eigenvalue weighted by Crippen LogP contribution is 2.38. The van der Waals surface area contributed by atoms with Crippen molar-refractivity contribution in [1.29, 1.82) is 0 Å². The Kier molecular flexibility index (Phi) is 4.67. The number of nitrogens with zero attached hydrogens (tertiary/aromatic N) is 1. The molecule has 3 N–H and O–H groups in total. The minimum absolute atomic E-state index is 0.0285. The molecule has 0 radical (unpaired) electrons. The quantitative estimate of drug-likeness (QED) is 0.693. The van der Waals surface area contributed by atoms with Gasteiger partial charge in [0.2, 0.25) is 5.91 Å². The number of hydrogen-bond donors (Lipinski definition) is 3. The predicted octanol–water partition coefficient (Wildman–Crippen LogP) is 1.37. The number of carbonyl (C=O) groups is 3. The van der Waals surface area contributed by atoms with Gasteiger partial charge in [0.15, 0.2) is 0 Å². The number of rotatable bonds is 4. The Balaban J connectivity index is 1.40. The summed E-state index contributed by atoms with van der Waals surface area (Å²) in [5, 5.41) is 16.9. The molecule has 1 atom stereocenters. The van der Waals surface area contributed by atoms with Crippen molar-refractivity contribution in [3.8, 4) is 0 Å². The van der Waals surface area contributed by atoms with E-state index in [-0.39, 0.29) is 12.5 Å². The first-order valence-corrected chi connectivity index (χ1v) is 9.67. The molecule has 3 amide bonds. The Labute approximate surface area is 160 Å². The van der Waals surface area contributed by atoms with Gasteiger partial charge in [0.1, 0.15) is 6.10 Å². The maximum absolute atomic E-state index is 12.2. The van der Waals surface area contributed by atoms with Gasteiger partial charge < -0.3 is 20.6 Å². The van der Waals surface area contributed by atoms with Crippen molar-refractivity contribution in [2.24, 2.45) is 0 Å². The molecule has 0 saturated heterocycles. The molecule has 2 aromatic rings. The van der Waals surface area contributed by atoms with Crippen LogP contribution in [-0.2, 0) is 27.2 Å². The molecule has 0 bridgehead atoms. The number of anilines is 2. The van der Waals surface area contributed by atoms with Gasteiger partial charge in [-0.25, -0.2) is 0 Å². The van der Waals surface area contributed by atoms with E-state index in [0.29, 0.717) is 25.1 Å². The van der Waals surface area contributed by atoms with Crippen molar-refractivity contribution < 1.29 is 19.5 Å². The zero-order chi connectivity index (χ0) is 19.0. The lowest BCUT2D eigenvalue weighted by Gasteiger charge is -2.25. The zero-order valence-corrected chi connectivity index (χ0v) is 15.3. The first-order valence-electron chi connectivity index (χ1n) is 8.80. The third-order valence-electron chi connectivity index (χ3n) is 4.84. The molecule has 0 spiro atoms. The summed E-state index contributed by atoms with van der Waals surface area (Å²) >= 11 is 1.39. The highest BCUT2D eigenvalue weighted by atomic mass is 32.1. The molecule has 27 heavy (non-hydrogen) atoms. The number of benzene rings is 1. The minimum atomic E-state index is -0.838. The van der Waals surface area contributed by atoms with Gasteiger partial charge in [0.05, 0.1) is 5.69 Å². The van der Waals surface area contributed by atoms with E-state index in [1.54, 1.807) is 11.0 Å². The molecule has 8 heteroatoms. The van der Waals surface area contributed by atoms with E-state index in [1.807, 2.05) is 23.6 Å². The van der Waals surface area contributed by atoms with Crippen LogP contribution in [-0.4, -0.2) is 35.9 Å². The SMILES string of the molecule is O=C(NCC(O)c1cccs1)C(=O)Nc1cc2c3c(c1)CCN3C(=O)CC2. The highest BCUT2D eigenvalue weighted by Gasteiger charge is 2.31. The predicted molar refractivity (Wildman–Crippen MR) is 102 cm³/mol. The summed E-state index contributed by atoms with van der Waals surface area (Å²) < 4.78 is 0. The number of thiophene rings is 1. The van der Waals surface area contributed by atoms with E-state index < -0.39 is 17.9 Å². The van der Waals surface area contributed by atoms with Gasteiger partial charge in [-0.3, -0.25) is 14.4 Å². The molecule has 2 aliphatic heterocycles. The lowest BCUT2D eigenvalue weighted by atomic mass is 9.98. The van der Waals surface area contributed by atoms with E-state index in [2.05, 4.69) is 10.6 Å². The molecule has 1 aromatic carbocycles. The standard InChI is InChI=1S/C19H19N3O4S/c23-14(15-2-1-7-27-15)10-20-18(25)19(26)21-13-8-11-3-4-16(24)22-6-5-12(9-13)17(11)22/h1-2,7-9,14,23H,3-6,10H2,(H,20,25)(H,21,26). The van der Waals surface area contributed by atoms with E-state index in [9.17, 15) is 19.5 Å². The number of aryl methyl sites for hydroxylation is 1. The summed E-state index contributed by atoms with van der Waals surface area (Å²) in [6.45, 7) is 0.638. The van der Waals surface area contributed by atoms with Crippen LogP contribution >= 0.6 is 11.3 Å². The molecule has 7 nitrogen and oxygen atoms in total. The first-order chi connectivity index (χ1) is 13.0. The third-order valence-corrected chi connectivity index (χ3v) is 5.82. The summed E-state index contributed by atoms with van der Waals surface area (Å²) in [5.41, 5.74) is 3.56. The lowest BCUT2D eigenvalue weighted by Crippen LogP contribution is -2.37. The second-order valence-corrected chi connectivity index (χ2v) is 7.61. The van der Waals surface area contributed by atoms with Crippen LogP contribution in [0.15, 0.2) is 29.6 Å². The van der Waals surface area contributed by atoms with Gasteiger partial charge in [0.25, 0.3) is 0 Å². The van der Waals surface area contributed by atoms with E-state index in [0.717, 1.165) is 28.1 Å². The normalized spacial score (nSPS) is 16.0. The Hall–Kier alpha value is -2.71. The monoisotopic (exact) mass is 385 g/mol. The molecule has 3 heterocycles. The van der Waals surface area contributed by atoms with Crippen LogP contribution in [0, 0.1) is 0 Å². The summed E-state index contributed by atoms with van der Waals surface area (Å²) in [6.07, 6.45) is 1.01. The molecule has 140 valence electrons. The van der Waals surface area contributed by atoms with Crippen LogP contribution in [0.2, 0.25) is 0 Å². The fourth-order valence-corrected chi connectivity index (χ4v) is 4.28. The minimum Gasteiger partial charge on any atom is -0.386 e. The zero-order valence-electron chi connectivity index (χ0n) is 14.5. The summed E-state index contributed by atoms with van der Waals surface area (Å²) in [7, 11) is 0. The van der Waals surface area contributed by atoms with Crippen LogP contribution in [0.4, 0.5) is 11.4 Å². The van der Waals surface area contributed by atoms with Crippen molar-refractivity contribution in [2.75, 3.05) is 23.3 Å². The van der Waals surface area contributed by atoms with Crippen molar-refractivity contribution >= 4 is 40.4 Å². The van der Waals surface area contributed by atoms with Crippen LogP contribution in [0.3, 0.4) is 0 Å². The molecule has 2 aliphatic rings. The van der Waals surface area contributed by atoms with E-state index in [4.69, 9.17) is 0 Å². The molecular formula is C19H19N3O4S. The van der Waals surface area contributed by atoms with E-state index >= 15 is 0 Å². The summed E-state index contributed by atoms with van der Waals surface area (Å²) in [6, 6.07) is 7.23. The fraction of sp³-hybridized carbons (Fsp3) is 0.316. The van der Waals surface area contributed by atoms with Crippen molar-refractivity contribution in [1.82, 2.24) is 5.32 Å². The van der Waals surface area contributed by atoms with Crippen LogP contribution in [0.25, 0.3) is 0 Å². The van der Waals surface area contributed by atoms with Gasteiger partial charge >= 0.3 is 11.8 Å². The second kappa shape index (κ2) is 7.13. The third kappa shape index (κ3) is 3.45. The lowest BCUT2D eigenvalue weighted by molar-refractivity contribution is -0.136. The smallest absolute Gasteiger partial charge is 0.313 e. The number of aliphatic hydroxyl groups excluding tert-OH is 1. The van der Waals surface area contributed by atoms with Gasteiger partial charge in [0, 0.05) is 30.1 Å². The molecule has 1 unspecified atom stereocenters. The van der Waals surface area contributed by atoms with E-state index in [1.165, 1.54) is 11.3 Å². The Morgan fingerprint density at radius 1 is 1.19 bits per heavy atom. The molecule has 0 aliphatic carbocycles. The number of aliphatic hydroxyl groups is 1. The molecular weight excluding hydrogens is 366 g/mol. The van der Waals surface area contributed by atoms with Crippen LogP contribution in [0.5, 0.6) is 0 Å². The molecule has 4 rings (SSSR count). The number of nitrogens with one attached hydrogen (secondary N) is 2. The number of amides is 3. The van der Waals surface area contributed by atoms with Gasteiger partial charge in [-0.2, -0.15) is 0 Å². The van der Waals surface area contributed by atoms with Gasteiger partial charge in [-0.15, -0.1) is 11.3 Å². The van der Waals surface area contributed by atoms with Crippen molar-refractivity contribution in [3.63, 3.8) is 0 Å². The van der Waals surface area contributed by atoms with Gasteiger partial charge in [-0.05, 0) is 47.5 Å². The fourth-order valence-electron chi connectivity index (χ4n) is 3.57. The topological polar surface area (TPSA) is 98.7 Å². The average Bonchev–Trinajstić information content (AvgIpc) is 3.33. The number of hydrogen-bond acceptors (Lipinski definition) is 5. The number of carbonyl (C=O) groups excluding carboxylic acids is 3. The van der Waals surface area contributed by atoms with Crippen LogP contribution < -0.4 is 15.5 Å². The summed E-state index contributed by atoms with van der Waals surface area (Å²) in [5.74, 6) is -1.43. The average molecular weight is 385 g/mol. The second-order valence-electron chi connectivity index (χ2n) is 6.63. The van der Waals surface area contributed by atoms with Crippen molar-refractivity contribution in [3.05, 3.63) is 45.6 Å². The Bertz CT molecular complexity index is 910. The van der Waals surface area contributed by atoms with Crippen LogP contribution in [0.1, 0.15) is 28.5 Å². The Morgan fingerprint density at radius 2 is 1.96 bits per heavy atom. The molecule has 0 fully saturated rings. The summed E-state index contributed by atoms with van der Waals surface area (Å²) in [4.78, 5) is 38.7. The maximum Gasteiger partial charge on any atom is 0.313 e. The molecule has 0 saturated carbocycles.